The Hall–Kier alpha value is -2.05. The first-order valence-corrected chi connectivity index (χ1v) is 6.46. The Bertz CT molecular complexity index is 496. The molecule has 1 atom stereocenters. The van der Waals surface area contributed by atoms with E-state index in [1.165, 1.54) is 12.0 Å². The maximum absolute atomic E-state index is 12.3. The van der Waals surface area contributed by atoms with Crippen LogP contribution in [0.25, 0.3) is 0 Å². The third-order valence-electron chi connectivity index (χ3n) is 3.11. The van der Waals surface area contributed by atoms with Gasteiger partial charge in [-0.3, -0.25) is 14.7 Å². The molecule has 0 radical (unpaired) electrons. The number of carbonyl (C=O) groups is 2. The van der Waals surface area contributed by atoms with E-state index in [1.54, 1.807) is 14.0 Å². The fraction of sp³-hybridized carbons (Fsp3) is 0.615. The number of aromatic nitrogens is 2. The maximum Gasteiger partial charge on any atom is 0.310 e. The Morgan fingerprint density at radius 1 is 1.40 bits per heavy atom. The number of hydrogen-bond acceptors (Lipinski definition) is 5. The van der Waals surface area contributed by atoms with Crippen molar-refractivity contribution >= 4 is 17.6 Å². The molecule has 3 N–H and O–H groups in total. The van der Waals surface area contributed by atoms with E-state index >= 15 is 0 Å². The van der Waals surface area contributed by atoms with E-state index in [0.717, 1.165) is 5.69 Å². The van der Waals surface area contributed by atoms with Gasteiger partial charge in [-0.1, -0.05) is 20.8 Å². The van der Waals surface area contributed by atoms with Crippen LogP contribution in [-0.4, -0.2) is 47.7 Å². The molecule has 7 nitrogen and oxygen atoms in total. The van der Waals surface area contributed by atoms with Crippen molar-refractivity contribution in [2.24, 2.45) is 5.92 Å². The fourth-order valence-electron chi connectivity index (χ4n) is 1.92. The van der Waals surface area contributed by atoms with Crippen molar-refractivity contribution in [1.82, 2.24) is 15.1 Å². The standard InChI is InChI=1S/C13H22N4O3/c1-7(2)10-9(14)11(16-15-10)12(18)17(4)6-8(3)13(19)20-5/h7-8H,6,14H2,1-5H3,(H,15,16). The number of hydrogen-bond donors (Lipinski definition) is 2. The SMILES string of the molecule is COC(=O)C(C)CN(C)C(=O)c1n[nH]c(C(C)C)c1N. The lowest BCUT2D eigenvalue weighted by molar-refractivity contribution is -0.145. The number of nitrogens with one attached hydrogen (secondary N) is 1. The molecule has 7 heteroatoms. The van der Waals surface area contributed by atoms with Crippen molar-refractivity contribution in [1.29, 1.82) is 0 Å². The highest BCUT2D eigenvalue weighted by Gasteiger charge is 2.24. The summed E-state index contributed by atoms with van der Waals surface area (Å²) in [5.74, 6) is -0.925. The third kappa shape index (κ3) is 3.28. The number of rotatable bonds is 5. The predicted octanol–water partition coefficient (Wildman–Crippen LogP) is 0.996. The number of anilines is 1. The lowest BCUT2D eigenvalue weighted by Crippen LogP contribution is -2.34. The Kier molecular flexibility index (Phi) is 5.12. The second kappa shape index (κ2) is 6.40. The minimum absolute atomic E-state index is 0.156. The van der Waals surface area contributed by atoms with E-state index in [2.05, 4.69) is 14.9 Å². The van der Waals surface area contributed by atoms with Gasteiger partial charge in [0.1, 0.15) is 0 Å². The Balaban J connectivity index is 2.82. The number of methoxy groups -OCH3 is 1. The molecule has 0 bridgehead atoms. The zero-order valence-electron chi connectivity index (χ0n) is 12.6. The van der Waals surface area contributed by atoms with E-state index in [-0.39, 0.29) is 30.0 Å². The first kappa shape index (κ1) is 16.0. The molecule has 0 aromatic carbocycles. The number of amides is 1. The molecule has 112 valence electrons. The Labute approximate surface area is 118 Å². The van der Waals surface area contributed by atoms with Gasteiger partial charge in [-0.25, -0.2) is 0 Å². The maximum atomic E-state index is 12.3. The van der Waals surface area contributed by atoms with Crippen LogP contribution in [0.3, 0.4) is 0 Å². The molecule has 1 aromatic heterocycles. The van der Waals surface area contributed by atoms with Crippen molar-refractivity contribution in [2.75, 3.05) is 26.4 Å². The van der Waals surface area contributed by atoms with Crippen molar-refractivity contribution in [3.05, 3.63) is 11.4 Å². The monoisotopic (exact) mass is 282 g/mol. The number of nitrogen functional groups attached to an aromatic ring is 1. The normalized spacial score (nSPS) is 12.3. The number of nitrogens with two attached hydrogens (primary N) is 1. The Morgan fingerprint density at radius 2 is 2.00 bits per heavy atom. The smallest absolute Gasteiger partial charge is 0.310 e. The molecule has 0 spiro atoms. The van der Waals surface area contributed by atoms with E-state index in [0.29, 0.717) is 5.69 Å². The molecular formula is C13H22N4O3. The summed E-state index contributed by atoms with van der Waals surface area (Å²) in [7, 11) is 2.92. The van der Waals surface area contributed by atoms with Crippen LogP contribution in [0.15, 0.2) is 0 Å². The first-order chi connectivity index (χ1) is 9.29. The van der Waals surface area contributed by atoms with Gasteiger partial charge in [0.25, 0.3) is 5.91 Å². The molecule has 0 aliphatic heterocycles. The summed E-state index contributed by atoms with van der Waals surface area (Å²) in [6.45, 7) is 5.86. The van der Waals surface area contributed by atoms with E-state index < -0.39 is 5.92 Å². The summed E-state index contributed by atoms with van der Waals surface area (Å²) < 4.78 is 4.63. The van der Waals surface area contributed by atoms with Gasteiger partial charge in [-0.05, 0) is 5.92 Å². The molecule has 0 aliphatic carbocycles. The summed E-state index contributed by atoms with van der Waals surface area (Å²) in [6.07, 6.45) is 0. The zero-order chi connectivity index (χ0) is 15.4. The minimum Gasteiger partial charge on any atom is -0.469 e. The lowest BCUT2D eigenvalue weighted by atomic mass is 10.1. The Morgan fingerprint density at radius 3 is 2.45 bits per heavy atom. The summed E-state index contributed by atoms with van der Waals surface area (Å²) in [5, 5.41) is 6.76. The topological polar surface area (TPSA) is 101 Å². The molecule has 0 saturated carbocycles. The number of aromatic amines is 1. The van der Waals surface area contributed by atoms with Gasteiger partial charge in [-0.2, -0.15) is 5.10 Å². The van der Waals surface area contributed by atoms with Crippen LogP contribution < -0.4 is 5.73 Å². The highest BCUT2D eigenvalue weighted by molar-refractivity contribution is 5.97. The number of nitrogens with zero attached hydrogens (tertiary/aromatic N) is 2. The van der Waals surface area contributed by atoms with E-state index in [9.17, 15) is 9.59 Å². The van der Waals surface area contributed by atoms with Gasteiger partial charge < -0.3 is 15.4 Å². The predicted molar refractivity (Wildman–Crippen MR) is 75.2 cm³/mol. The molecular weight excluding hydrogens is 260 g/mol. The van der Waals surface area contributed by atoms with Crippen LogP contribution in [0.1, 0.15) is 42.9 Å². The van der Waals surface area contributed by atoms with Crippen LogP contribution in [0.5, 0.6) is 0 Å². The minimum atomic E-state index is -0.404. The van der Waals surface area contributed by atoms with Crippen LogP contribution in [0.2, 0.25) is 0 Å². The molecule has 1 unspecified atom stereocenters. The molecule has 1 rings (SSSR count). The third-order valence-corrected chi connectivity index (χ3v) is 3.11. The summed E-state index contributed by atoms with van der Waals surface area (Å²) in [4.78, 5) is 25.0. The molecule has 20 heavy (non-hydrogen) atoms. The van der Waals surface area contributed by atoms with Crippen LogP contribution in [0, 0.1) is 5.92 Å². The number of ether oxygens (including phenoxy) is 1. The molecule has 1 amide bonds. The summed E-state index contributed by atoms with van der Waals surface area (Å²) >= 11 is 0. The van der Waals surface area contributed by atoms with Gasteiger partial charge >= 0.3 is 5.97 Å². The molecule has 1 heterocycles. The highest BCUT2D eigenvalue weighted by atomic mass is 16.5. The van der Waals surface area contributed by atoms with Crippen molar-refractivity contribution in [2.45, 2.75) is 26.7 Å². The second-order valence-corrected chi connectivity index (χ2v) is 5.16. The largest absolute Gasteiger partial charge is 0.469 e. The van der Waals surface area contributed by atoms with Crippen molar-refractivity contribution in [3.8, 4) is 0 Å². The van der Waals surface area contributed by atoms with E-state index in [1.807, 2.05) is 13.8 Å². The second-order valence-electron chi connectivity index (χ2n) is 5.16. The van der Waals surface area contributed by atoms with Crippen LogP contribution in [0.4, 0.5) is 5.69 Å². The van der Waals surface area contributed by atoms with Gasteiger partial charge in [0.05, 0.1) is 24.4 Å². The fourth-order valence-corrected chi connectivity index (χ4v) is 1.92. The average molecular weight is 282 g/mol. The molecule has 0 fully saturated rings. The quantitative estimate of drug-likeness (QED) is 0.784. The van der Waals surface area contributed by atoms with Crippen LogP contribution >= 0.6 is 0 Å². The van der Waals surface area contributed by atoms with Gasteiger partial charge in [0.2, 0.25) is 0 Å². The highest BCUT2D eigenvalue weighted by Crippen LogP contribution is 2.23. The van der Waals surface area contributed by atoms with Crippen molar-refractivity contribution in [3.63, 3.8) is 0 Å². The molecule has 0 saturated heterocycles. The van der Waals surface area contributed by atoms with Gasteiger partial charge in [-0.15, -0.1) is 0 Å². The first-order valence-electron chi connectivity index (χ1n) is 6.46. The summed E-state index contributed by atoms with van der Waals surface area (Å²) in [5.41, 5.74) is 7.22. The van der Waals surface area contributed by atoms with Crippen molar-refractivity contribution < 1.29 is 14.3 Å². The number of carbonyl (C=O) groups excluding carboxylic acids is 2. The number of H-pyrrole nitrogens is 1. The van der Waals surface area contributed by atoms with Gasteiger partial charge in [0.15, 0.2) is 5.69 Å². The van der Waals surface area contributed by atoms with Crippen LogP contribution in [-0.2, 0) is 9.53 Å². The lowest BCUT2D eigenvalue weighted by Gasteiger charge is -2.19. The summed E-state index contributed by atoms with van der Waals surface area (Å²) in [6, 6.07) is 0. The average Bonchev–Trinajstić information content (AvgIpc) is 2.78. The molecule has 1 aromatic rings. The number of esters is 1. The zero-order valence-corrected chi connectivity index (χ0v) is 12.6. The molecule has 0 aliphatic rings. The van der Waals surface area contributed by atoms with Gasteiger partial charge in [0, 0.05) is 13.6 Å². The van der Waals surface area contributed by atoms with E-state index in [4.69, 9.17) is 5.73 Å².